The van der Waals surface area contributed by atoms with Crippen molar-refractivity contribution in [3.05, 3.63) is 59.8 Å². The van der Waals surface area contributed by atoms with Gasteiger partial charge in [-0.1, -0.05) is 23.4 Å². The molecule has 3 heterocycles. The monoisotopic (exact) mass is 392 g/mol. The number of hydrogen-bond donors (Lipinski definition) is 1. The van der Waals surface area contributed by atoms with Crippen LogP contribution >= 0.6 is 11.3 Å². The summed E-state index contributed by atoms with van der Waals surface area (Å²) < 4.78 is 3.78. The van der Waals surface area contributed by atoms with Crippen molar-refractivity contribution in [3.8, 4) is 11.3 Å². The van der Waals surface area contributed by atoms with Crippen molar-refractivity contribution < 1.29 is 4.79 Å². The number of para-hydroxylation sites is 1. The lowest BCUT2D eigenvalue weighted by atomic mass is 10.2. The van der Waals surface area contributed by atoms with Crippen LogP contribution in [0.2, 0.25) is 0 Å². The first-order chi connectivity index (χ1) is 13.6. The molecule has 4 rings (SSSR count). The van der Waals surface area contributed by atoms with Gasteiger partial charge in [-0.2, -0.15) is 0 Å². The van der Waals surface area contributed by atoms with Gasteiger partial charge in [0.1, 0.15) is 12.1 Å². The normalized spacial score (nSPS) is 11.1. The fraction of sp³-hybridized carbons (Fsp3) is 0.200. The first-order valence-corrected chi connectivity index (χ1v) is 9.76. The third-order valence-corrected chi connectivity index (χ3v) is 5.38. The predicted octanol–water partition coefficient (Wildman–Crippen LogP) is 3.80. The van der Waals surface area contributed by atoms with Gasteiger partial charge in [-0.15, -0.1) is 23.0 Å². The van der Waals surface area contributed by atoms with Crippen molar-refractivity contribution in [2.45, 2.75) is 26.9 Å². The van der Waals surface area contributed by atoms with Crippen LogP contribution in [0.4, 0.5) is 5.13 Å². The van der Waals surface area contributed by atoms with Gasteiger partial charge in [0.2, 0.25) is 5.91 Å². The minimum absolute atomic E-state index is 0.0866. The molecule has 0 aliphatic rings. The van der Waals surface area contributed by atoms with Gasteiger partial charge < -0.3 is 9.88 Å². The van der Waals surface area contributed by atoms with E-state index in [9.17, 15) is 4.79 Å². The van der Waals surface area contributed by atoms with E-state index in [1.807, 2.05) is 35.7 Å². The van der Waals surface area contributed by atoms with E-state index in [1.165, 1.54) is 11.3 Å². The molecule has 0 saturated heterocycles. The van der Waals surface area contributed by atoms with Crippen LogP contribution in [-0.2, 0) is 17.9 Å². The molecule has 8 heteroatoms. The molecule has 0 atom stereocenters. The molecule has 4 aromatic rings. The van der Waals surface area contributed by atoms with E-state index >= 15 is 0 Å². The maximum atomic E-state index is 12.4. The van der Waals surface area contributed by atoms with Crippen molar-refractivity contribution in [2.75, 3.05) is 5.32 Å². The number of carbonyl (C=O) groups is 1. The Kier molecular flexibility index (Phi) is 4.79. The second-order valence-electron chi connectivity index (χ2n) is 6.51. The molecule has 0 aliphatic heterocycles. The van der Waals surface area contributed by atoms with Crippen molar-refractivity contribution in [3.63, 3.8) is 0 Å². The highest BCUT2D eigenvalue weighted by Gasteiger charge is 2.15. The highest BCUT2D eigenvalue weighted by atomic mass is 32.1. The number of fused-ring (bicyclic) bond motifs is 1. The first-order valence-electron chi connectivity index (χ1n) is 8.88. The summed E-state index contributed by atoms with van der Waals surface area (Å²) in [5, 5.41) is 13.5. The highest BCUT2D eigenvalue weighted by Crippen LogP contribution is 2.30. The number of nitrogens with zero attached hydrogens (tertiary/aromatic N) is 5. The van der Waals surface area contributed by atoms with Crippen molar-refractivity contribution >= 4 is 33.4 Å². The van der Waals surface area contributed by atoms with E-state index in [2.05, 4.69) is 51.7 Å². The molecule has 142 valence electrons. The van der Waals surface area contributed by atoms with Crippen molar-refractivity contribution in [1.29, 1.82) is 0 Å². The van der Waals surface area contributed by atoms with Gasteiger partial charge in [-0.25, -0.2) is 9.67 Å². The van der Waals surface area contributed by atoms with Crippen molar-refractivity contribution in [1.82, 2.24) is 24.5 Å². The van der Waals surface area contributed by atoms with Crippen LogP contribution in [0.25, 0.3) is 22.3 Å². The van der Waals surface area contributed by atoms with E-state index in [0.717, 1.165) is 40.2 Å². The molecule has 0 spiro atoms. The maximum Gasteiger partial charge on any atom is 0.247 e. The Labute approximate surface area is 166 Å². The Hall–Kier alpha value is -3.26. The molecular formula is C20H20N6OS. The maximum absolute atomic E-state index is 12.4. The number of aryl methyl sites for hydroxylation is 1. The van der Waals surface area contributed by atoms with Crippen LogP contribution in [0.5, 0.6) is 0 Å². The number of nitrogens with one attached hydrogen (secondary N) is 1. The van der Waals surface area contributed by atoms with Gasteiger partial charge in [0.15, 0.2) is 5.13 Å². The second kappa shape index (κ2) is 7.40. The van der Waals surface area contributed by atoms with Crippen molar-refractivity contribution in [2.24, 2.45) is 0 Å². The molecular weight excluding hydrogens is 372 g/mol. The zero-order chi connectivity index (χ0) is 19.7. The zero-order valence-corrected chi connectivity index (χ0v) is 16.5. The number of benzene rings is 1. The smallest absolute Gasteiger partial charge is 0.247 e. The molecule has 1 amide bonds. The topological polar surface area (TPSA) is 77.6 Å². The minimum Gasteiger partial charge on any atom is -0.345 e. The SMILES string of the molecule is C=CCn1c(C)cc(-c2csc(NC(=O)Cn3nnc4ccccc43)n2)c1C. The molecule has 0 radical (unpaired) electrons. The fourth-order valence-electron chi connectivity index (χ4n) is 3.25. The molecule has 0 saturated carbocycles. The lowest BCUT2D eigenvalue weighted by Crippen LogP contribution is -2.19. The molecule has 28 heavy (non-hydrogen) atoms. The quantitative estimate of drug-likeness (QED) is 0.506. The summed E-state index contributed by atoms with van der Waals surface area (Å²) in [5.41, 5.74) is 5.81. The van der Waals surface area contributed by atoms with Gasteiger partial charge in [0.05, 0.1) is 11.2 Å². The first kappa shape index (κ1) is 18.1. The van der Waals surface area contributed by atoms with Crippen LogP contribution in [-0.4, -0.2) is 30.5 Å². The molecule has 0 fully saturated rings. The summed E-state index contributed by atoms with van der Waals surface area (Å²) in [5.74, 6) is -0.186. The molecule has 1 N–H and O–H groups in total. The molecule has 3 aromatic heterocycles. The van der Waals surface area contributed by atoms with Gasteiger partial charge in [-0.05, 0) is 32.0 Å². The van der Waals surface area contributed by atoms with Crippen LogP contribution in [0.15, 0.2) is 48.4 Å². The van der Waals surface area contributed by atoms with E-state index in [1.54, 1.807) is 4.68 Å². The molecule has 1 aromatic carbocycles. The minimum atomic E-state index is -0.186. The Morgan fingerprint density at radius 3 is 2.96 bits per heavy atom. The Balaban J connectivity index is 1.50. The van der Waals surface area contributed by atoms with Crippen LogP contribution in [0, 0.1) is 13.8 Å². The van der Waals surface area contributed by atoms with Gasteiger partial charge in [0, 0.05) is 28.9 Å². The molecule has 0 unspecified atom stereocenters. The summed E-state index contributed by atoms with van der Waals surface area (Å²) in [6.07, 6.45) is 1.88. The summed E-state index contributed by atoms with van der Waals surface area (Å²) in [6, 6.07) is 9.66. The Morgan fingerprint density at radius 1 is 1.32 bits per heavy atom. The number of anilines is 1. The summed E-state index contributed by atoms with van der Waals surface area (Å²) in [6.45, 7) is 8.80. The second-order valence-corrected chi connectivity index (χ2v) is 7.36. The van der Waals surface area contributed by atoms with E-state index < -0.39 is 0 Å². The highest BCUT2D eigenvalue weighted by molar-refractivity contribution is 7.14. The number of rotatable bonds is 6. The van der Waals surface area contributed by atoms with Gasteiger partial charge in [-0.3, -0.25) is 4.79 Å². The third kappa shape index (κ3) is 3.34. The average Bonchev–Trinajstić information content (AvgIpc) is 3.37. The Bertz CT molecular complexity index is 1170. The van der Waals surface area contributed by atoms with Crippen LogP contribution in [0.3, 0.4) is 0 Å². The fourth-order valence-corrected chi connectivity index (χ4v) is 3.98. The summed E-state index contributed by atoms with van der Waals surface area (Å²) in [4.78, 5) is 17.0. The van der Waals surface area contributed by atoms with E-state index in [4.69, 9.17) is 0 Å². The standard InChI is InChI=1S/C20H20N6OS/c1-4-9-25-13(2)10-15(14(25)3)17-12-28-20(21-17)22-19(27)11-26-18-8-6-5-7-16(18)23-24-26/h4-8,10,12H,1,9,11H2,2-3H3,(H,21,22,27). The Morgan fingerprint density at radius 2 is 2.14 bits per heavy atom. The number of aromatic nitrogens is 5. The van der Waals surface area contributed by atoms with Crippen LogP contribution in [0.1, 0.15) is 11.4 Å². The molecule has 0 aliphatic carbocycles. The summed E-state index contributed by atoms with van der Waals surface area (Å²) >= 11 is 1.41. The number of allylic oxidation sites excluding steroid dienone is 1. The number of carbonyl (C=O) groups excluding carboxylic acids is 1. The van der Waals surface area contributed by atoms with E-state index in [-0.39, 0.29) is 12.5 Å². The lowest BCUT2D eigenvalue weighted by Gasteiger charge is -2.05. The largest absolute Gasteiger partial charge is 0.345 e. The van der Waals surface area contributed by atoms with Gasteiger partial charge in [0.25, 0.3) is 0 Å². The number of amides is 1. The summed E-state index contributed by atoms with van der Waals surface area (Å²) in [7, 11) is 0. The number of hydrogen-bond acceptors (Lipinski definition) is 5. The lowest BCUT2D eigenvalue weighted by molar-refractivity contribution is -0.116. The van der Waals surface area contributed by atoms with E-state index in [0.29, 0.717) is 5.13 Å². The average molecular weight is 392 g/mol. The molecule has 7 nitrogen and oxygen atoms in total. The third-order valence-electron chi connectivity index (χ3n) is 4.63. The van der Waals surface area contributed by atoms with Crippen LogP contribution < -0.4 is 5.32 Å². The number of thiazole rings is 1. The zero-order valence-electron chi connectivity index (χ0n) is 15.7. The predicted molar refractivity (Wildman–Crippen MR) is 111 cm³/mol. The molecule has 0 bridgehead atoms. The van der Waals surface area contributed by atoms with Gasteiger partial charge >= 0.3 is 0 Å².